The molecule has 0 N–H and O–H groups in total. The summed E-state index contributed by atoms with van der Waals surface area (Å²) in [7, 11) is 0. The van der Waals surface area contributed by atoms with Crippen molar-refractivity contribution in [3.63, 3.8) is 0 Å². The third kappa shape index (κ3) is 2.86. The van der Waals surface area contributed by atoms with Crippen LogP contribution in [0.4, 0.5) is 0 Å². The van der Waals surface area contributed by atoms with Crippen LogP contribution in [0, 0.1) is 0 Å². The number of carbonyl (C=O) groups excluding carboxylic acids is 1. The van der Waals surface area contributed by atoms with E-state index in [9.17, 15) is 4.79 Å². The average Bonchev–Trinajstić information content (AvgIpc) is 2.93. The van der Waals surface area contributed by atoms with E-state index in [-0.39, 0.29) is 21.4 Å². The highest BCUT2D eigenvalue weighted by atomic mass is 35.5. The van der Waals surface area contributed by atoms with Gasteiger partial charge in [-0.15, -0.1) is 0 Å². The minimum absolute atomic E-state index is 0.139. The summed E-state index contributed by atoms with van der Waals surface area (Å²) in [6, 6.07) is 4.86. The van der Waals surface area contributed by atoms with Gasteiger partial charge in [0.2, 0.25) is 5.78 Å². The smallest absolute Gasteiger partial charge is 0.234 e. The molecule has 3 aromatic rings. The Morgan fingerprint density at radius 3 is 2.77 bits per heavy atom. The van der Waals surface area contributed by atoms with Crippen LogP contribution in [0.25, 0.3) is 11.9 Å². The second kappa shape index (κ2) is 6.08. The summed E-state index contributed by atoms with van der Waals surface area (Å²) in [6.45, 7) is 0. The molecule has 7 heteroatoms. The van der Waals surface area contributed by atoms with Crippen molar-refractivity contribution in [3.8, 4) is 0 Å². The van der Waals surface area contributed by atoms with Crippen LogP contribution in [0.2, 0.25) is 15.1 Å². The Bertz CT molecular complexity index is 869. The zero-order valence-corrected chi connectivity index (χ0v) is 13.3. The molecule has 0 aliphatic heterocycles. The summed E-state index contributed by atoms with van der Waals surface area (Å²) >= 11 is 17.8. The lowest BCUT2D eigenvalue weighted by Gasteiger charge is -2.03. The van der Waals surface area contributed by atoms with Crippen molar-refractivity contribution in [2.75, 3.05) is 0 Å². The SMILES string of the molecule is O=C(C=Cc1cn2cccnc2n1)c1ccc(Cl)c(Cl)c1Cl. The largest absolute Gasteiger partial charge is 0.291 e. The number of aromatic nitrogens is 3. The van der Waals surface area contributed by atoms with Crippen LogP contribution in [-0.2, 0) is 0 Å². The van der Waals surface area contributed by atoms with Crippen molar-refractivity contribution in [2.45, 2.75) is 0 Å². The molecule has 0 unspecified atom stereocenters. The predicted octanol–water partition coefficient (Wildman–Crippen LogP) is 4.59. The second-order valence-electron chi connectivity index (χ2n) is 4.41. The first-order chi connectivity index (χ1) is 10.6. The van der Waals surface area contributed by atoms with Crippen LogP contribution in [0.3, 0.4) is 0 Å². The van der Waals surface area contributed by atoms with Gasteiger partial charge in [-0.2, -0.15) is 0 Å². The molecule has 0 saturated heterocycles. The molecule has 0 atom stereocenters. The number of ketones is 1. The number of halogens is 3. The van der Waals surface area contributed by atoms with Crippen LogP contribution in [0.5, 0.6) is 0 Å². The summed E-state index contributed by atoms with van der Waals surface area (Å²) in [5.41, 5.74) is 0.900. The summed E-state index contributed by atoms with van der Waals surface area (Å²) < 4.78 is 1.76. The molecule has 110 valence electrons. The number of allylic oxidation sites excluding steroid dienone is 1. The van der Waals surface area contributed by atoms with E-state index in [1.807, 2.05) is 6.20 Å². The van der Waals surface area contributed by atoms with E-state index in [1.54, 1.807) is 28.9 Å². The Kier molecular flexibility index (Phi) is 4.16. The van der Waals surface area contributed by atoms with E-state index in [0.717, 1.165) is 0 Å². The van der Waals surface area contributed by atoms with Crippen molar-refractivity contribution in [3.05, 3.63) is 69.2 Å². The van der Waals surface area contributed by atoms with Crippen LogP contribution in [0.1, 0.15) is 16.1 Å². The Balaban J connectivity index is 1.89. The van der Waals surface area contributed by atoms with Gasteiger partial charge < -0.3 is 0 Å². The molecular weight excluding hydrogens is 345 g/mol. The van der Waals surface area contributed by atoms with Gasteiger partial charge in [-0.1, -0.05) is 34.8 Å². The maximum Gasteiger partial charge on any atom is 0.234 e. The molecule has 4 nitrogen and oxygen atoms in total. The summed E-state index contributed by atoms with van der Waals surface area (Å²) in [5.74, 6) is 0.274. The standard InChI is InChI=1S/C15H8Cl3N3O/c16-11-4-3-10(13(17)14(11)18)12(22)5-2-9-8-21-7-1-6-19-15(21)20-9/h1-8H. The van der Waals surface area contributed by atoms with E-state index < -0.39 is 0 Å². The molecular formula is C15H8Cl3N3O. The quantitative estimate of drug-likeness (QED) is 0.393. The Hall–Kier alpha value is -1.88. The number of rotatable bonds is 3. The van der Waals surface area contributed by atoms with Crippen molar-refractivity contribution in [1.29, 1.82) is 0 Å². The van der Waals surface area contributed by atoms with E-state index in [4.69, 9.17) is 34.8 Å². The van der Waals surface area contributed by atoms with E-state index >= 15 is 0 Å². The number of fused-ring (bicyclic) bond motifs is 1. The number of hydrogen-bond donors (Lipinski definition) is 0. The molecule has 0 aliphatic carbocycles. The molecule has 1 aromatic carbocycles. The van der Waals surface area contributed by atoms with E-state index in [0.29, 0.717) is 16.5 Å². The van der Waals surface area contributed by atoms with Gasteiger partial charge in [0.1, 0.15) is 0 Å². The van der Waals surface area contributed by atoms with Gasteiger partial charge >= 0.3 is 0 Å². The molecule has 0 saturated carbocycles. The topological polar surface area (TPSA) is 47.3 Å². The van der Waals surface area contributed by atoms with Crippen molar-refractivity contribution < 1.29 is 4.79 Å². The molecule has 0 amide bonds. The number of nitrogens with zero attached hydrogens (tertiary/aromatic N) is 3. The third-order valence-corrected chi connectivity index (χ3v) is 4.25. The number of carbonyl (C=O) groups is 1. The third-order valence-electron chi connectivity index (χ3n) is 2.96. The Morgan fingerprint density at radius 1 is 1.18 bits per heavy atom. The predicted molar refractivity (Wildman–Crippen MR) is 87.8 cm³/mol. The van der Waals surface area contributed by atoms with Crippen molar-refractivity contribution in [2.24, 2.45) is 0 Å². The first kappa shape index (κ1) is 15.0. The molecule has 3 rings (SSSR count). The summed E-state index contributed by atoms with van der Waals surface area (Å²) in [5, 5.41) is 0.610. The van der Waals surface area contributed by atoms with Crippen molar-refractivity contribution >= 4 is 52.4 Å². The second-order valence-corrected chi connectivity index (χ2v) is 5.58. The number of benzene rings is 1. The minimum Gasteiger partial charge on any atom is -0.291 e. The molecule has 0 radical (unpaired) electrons. The molecule has 0 bridgehead atoms. The Morgan fingerprint density at radius 2 is 2.00 bits per heavy atom. The highest BCUT2D eigenvalue weighted by Crippen LogP contribution is 2.33. The van der Waals surface area contributed by atoms with Gasteiger partial charge in [-0.05, 0) is 30.4 Å². The summed E-state index contributed by atoms with van der Waals surface area (Å²) in [6.07, 6.45) is 8.21. The fourth-order valence-corrected chi connectivity index (χ4v) is 2.52. The van der Waals surface area contributed by atoms with Gasteiger partial charge in [0.25, 0.3) is 0 Å². The van der Waals surface area contributed by atoms with Gasteiger partial charge in [-0.25, -0.2) is 9.97 Å². The number of imidazole rings is 1. The zero-order chi connectivity index (χ0) is 15.7. The molecule has 0 spiro atoms. The van der Waals surface area contributed by atoms with Crippen LogP contribution in [0.15, 0.2) is 42.9 Å². The maximum absolute atomic E-state index is 12.2. The fraction of sp³-hybridized carbons (Fsp3) is 0. The Labute approximate surface area is 141 Å². The highest BCUT2D eigenvalue weighted by molar-refractivity contribution is 6.49. The summed E-state index contributed by atoms with van der Waals surface area (Å²) in [4.78, 5) is 20.6. The lowest BCUT2D eigenvalue weighted by Crippen LogP contribution is -1.96. The molecule has 22 heavy (non-hydrogen) atoms. The van der Waals surface area contributed by atoms with Gasteiger partial charge in [0.05, 0.1) is 20.8 Å². The zero-order valence-electron chi connectivity index (χ0n) is 11.0. The highest BCUT2D eigenvalue weighted by Gasteiger charge is 2.13. The van der Waals surface area contributed by atoms with Gasteiger partial charge in [0, 0.05) is 24.2 Å². The van der Waals surface area contributed by atoms with Gasteiger partial charge in [-0.3, -0.25) is 9.20 Å². The molecule has 0 aliphatic rings. The van der Waals surface area contributed by atoms with E-state index in [2.05, 4.69) is 9.97 Å². The van der Waals surface area contributed by atoms with E-state index in [1.165, 1.54) is 18.2 Å². The van der Waals surface area contributed by atoms with Gasteiger partial charge in [0.15, 0.2) is 5.78 Å². The monoisotopic (exact) mass is 351 g/mol. The average molecular weight is 353 g/mol. The van der Waals surface area contributed by atoms with Crippen LogP contribution in [-0.4, -0.2) is 20.2 Å². The van der Waals surface area contributed by atoms with Crippen molar-refractivity contribution in [1.82, 2.24) is 14.4 Å². The first-order valence-electron chi connectivity index (χ1n) is 6.22. The normalized spacial score (nSPS) is 11.4. The molecule has 0 fully saturated rings. The molecule has 2 aromatic heterocycles. The maximum atomic E-state index is 12.2. The lowest BCUT2D eigenvalue weighted by atomic mass is 10.1. The minimum atomic E-state index is -0.284. The lowest BCUT2D eigenvalue weighted by molar-refractivity contribution is 0.104. The van der Waals surface area contributed by atoms with Crippen LogP contribution >= 0.6 is 34.8 Å². The fourth-order valence-electron chi connectivity index (χ4n) is 1.90. The van der Waals surface area contributed by atoms with Crippen LogP contribution < -0.4 is 0 Å². The molecule has 2 heterocycles. The number of hydrogen-bond acceptors (Lipinski definition) is 3. The first-order valence-corrected chi connectivity index (χ1v) is 7.35.